The molecule has 2 fully saturated rings. The average molecular weight is 330 g/mol. The van der Waals surface area contributed by atoms with Crippen LogP contribution in [0.2, 0.25) is 0 Å². The van der Waals surface area contributed by atoms with Crippen molar-refractivity contribution in [1.29, 1.82) is 0 Å². The Balaban J connectivity index is 1.72. The Hall–Kier alpha value is -1.88. The number of aryl methyl sites for hydroxylation is 1. The SMILES string of the molecule is COC(=O)c1ccc(C)c(NC(=O)C2CC3CCCC(C2)C3N)c1. The number of carbonyl (C=O) groups excluding carboxylic acids is 2. The standard InChI is InChI=1S/C19H26N2O3/c1-11-6-7-14(19(23)24-2)10-16(11)21-18(22)15-8-12-4-3-5-13(9-15)17(12)20/h6-7,10,12-13,15,17H,3-5,8-9,20H2,1-2H3,(H,21,22). The van der Waals surface area contributed by atoms with Crippen molar-refractivity contribution in [3.63, 3.8) is 0 Å². The minimum Gasteiger partial charge on any atom is -0.465 e. The van der Waals surface area contributed by atoms with E-state index in [0.29, 0.717) is 23.1 Å². The predicted octanol–water partition coefficient (Wildman–Crippen LogP) is 2.87. The lowest BCUT2D eigenvalue weighted by Crippen LogP contribution is -2.48. The van der Waals surface area contributed by atoms with Crippen LogP contribution in [0.3, 0.4) is 0 Å². The van der Waals surface area contributed by atoms with Crippen LogP contribution in [0.1, 0.15) is 48.0 Å². The van der Waals surface area contributed by atoms with Gasteiger partial charge in [-0.15, -0.1) is 0 Å². The lowest BCUT2D eigenvalue weighted by Gasteiger charge is -2.43. The molecule has 1 aromatic rings. The van der Waals surface area contributed by atoms with Gasteiger partial charge in [0.05, 0.1) is 12.7 Å². The van der Waals surface area contributed by atoms with Crippen molar-refractivity contribution in [3.05, 3.63) is 29.3 Å². The van der Waals surface area contributed by atoms with Gasteiger partial charge < -0.3 is 15.8 Å². The minimum absolute atomic E-state index is 0.0151. The highest BCUT2D eigenvalue weighted by Crippen LogP contribution is 2.42. The molecular weight excluding hydrogens is 304 g/mol. The Morgan fingerprint density at radius 2 is 1.88 bits per heavy atom. The summed E-state index contributed by atoms with van der Waals surface area (Å²) < 4.78 is 4.75. The average Bonchev–Trinajstić information content (AvgIpc) is 2.55. The van der Waals surface area contributed by atoms with Crippen molar-refractivity contribution >= 4 is 17.6 Å². The molecular formula is C19H26N2O3. The number of ether oxygens (including phenoxy) is 1. The predicted molar refractivity (Wildman–Crippen MR) is 92.7 cm³/mol. The van der Waals surface area contributed by atoms with E-state index >= 15 is 0 Å². The molecule has 2 bridgehead atoms. The maximum Gasteiger partial charge on any atom is 0.337 e. The van der Waals surface area contributed by atoms with Crippen molar-refractivity contribution in [2.75, 3.05) is 12.4 Å². The van der Waals surface area contributed by atoms with E-state index < -0.39 is 5.97 Å². The highest BCUT2D eigenvalue weighted by atomic mass is 16.5. The summed E-state index contributed by atoms with van der Waals surface area (Å²) in [5, 5.41) is 3.02. The summed E-state index contributed by atoms with van der Waals surface area (Å²) >= 11 is 0. The first-order valence-corrected chi connectivity index (χ1v) is 8.75. The van der Waals surface area contributed by atoms with Crippen molar-refractivity contribution in [2.45, 2.75) is 45.1 Å². The molecule has 1 amide bonds. The summed E-state index contributed by atoms with van der Waals surface area (Å²) in [6.07, 6.45) is 5.26. The Labute approximate surface area is 142 Å². The highest BCUT2D eigenvalue weighted by Gasteiger charge is 2.40. The van der Waals surface area contributed by atoms with Crippen LogP contribution in [0.15, 0.2) is 18.2 Å². The van der Waals surface area contributed by atoms with E-state index in [4.69, 9.17) is 10.5 Å². The van der Waals surface area contributed by atoms with E-state index in [2.05, 4.69) is 5.32 Å². The first-order chi connectivity index (χ1) is 11.5. The summed E-state index contributed by atoms with van der Waals surface area (Å²) in [5.74, 6) is 0.598. The van der Waals surface area contributed by atoms with Crippen LogP contribution in [0.5, 0.6) is 0 Å². The maximum absolute atomic E-state index is 12.7. The topological polar surface area (TPSA) is 81.4 Å². The molecule has 5 heteroatoms. The molecule has 2 aliphatic rings. The number of anilines is 1. The van der Waals surface area contributed by atoms with Gasteiger partial charge >= 0.3 is 5.97 Å². The number of fused-ring (bicyclic) bond motifs is 2. The van der Waals surface area contributed by atoms with E-state index in [1.165, 1.54) is 13.5 Å². The van der Waals surface area contributed by atoms with Crippen molar-refractivity contribution in [1.82, 2.24) is 0 Å². The Morgan fingerprint density at radius 1 is 1.21 bits per heavy atom. The van der Waals surface area contributed by atoms with Gasteiger partial charge in [-0.25, -0.2) is 4.79 Å². The molecule has 1 aromatic carbocycles. The van der Waals surface area contributed by atoms with Crippen molar-refractivity contribution in [2.24, 2.45) is 23.5 Å². The molecule has 2 aliphatic carbocycles. The second kappa shape index (κ2) is 6.93. The summed E-state index contributed by atoms with van der Waals surface area (Å²) in [4.78, 5) is 24.4. The van der Waals surface area contributed by atoms with Crippen LogP contribution in [0.25, 0.3) is 0 Å². The van der Waals surface area contributed by atoms with E-state index in [1.54, 1.807) is 12.1 Å². The molecule has 0 saturated heterocycles. The van der Waals surface area contributed by atoms with Gasteiger partial charge in [-0.1, -0.05) is 12.5 Å². The largest absolute Gasteiger partial charge is 0.465 e. The molecule has 0 heterocycles. The lowest BCUT2D eigenvalue weighted by molar-refractivity contribution is -0.122. The number of methoxy groups -OCH3 is 1. The van der Waals surface area contributed by atoms with Crippen LogP contribution >= 0.6 is 0 Å². The van der Waals surface area contributed by atoms with Crippen molar-refractivity contribution < 1.29 is 14.3 Å². The second-order valence-electron chi connectivity index (χ2n) is 7.21. The molecule has 0 aliphatic heterocycles. The molecule has 2 unspecified atom stereocenters. The molecule has 0 spiro atoms. The lowest BCUT2D eigenvalue weighted by atomic mass is 9.65. The summed E-state index contributed by atoms with van der Waals surface area (Å²) in [6, 6.07) is 5.48. The molecule has 0 aromatic heterocycles. The first-order valence-electron chi connectivity index (χ1n) is 8.75. The van der Waals surface area contributed by atoms with Crippen LogP contribution in [0.4, 0.5) is 5.69 Å². The summed E-state index contributed by atoms with van der Waals surface area (Å²) in [5.41, 5.74) is 8.37. The Kier molecular flexibility index (Phi) is 4.90. The number of hydrogen-bond donors (Lipinski definition) is 2. The van der Waals surface area contributed by atoms with Gasteiger partial charge in [-0.05, 0) is 62.1 Å². The minimum atomic E-state index is -0.399. The number of nitrogens with one attached hydrogen (secondary N) is 1. The molecule has 0 radical (unpaired) electrons. The normalized spacial score (nSPS) is 29.0. The second-order valence-corrected chi connectivity index (χ2v) is 7.21. The zero-order chi connectivity index (χ0) is 17.3. The number of amides is 1. The Morgan fingerprint density at radius 3 is 2.50 bits per heavy atom. The number of hydrogen-bond acceptors (Lipinski definition) is 4. The van der Waals surface area contributed by atoms with Crippen LogP contribution in [-0.4, -0.2) is 25.0 Å². The number of benzene rings is 1. The van der Waals surface area contributed by atoms with Gasteiger partial charge in [0.25, 0.3) is 0 Å². The number of nitrogens with two attached hydrogens (primary N) is 1. The first kappa shape index (κ1) is 17.0. The zero-order valence-corrected chi connectivity index (χ0v) is 14.4. The molecule has 2 atom stereocenters. The van der Waals surface area contributed by atoms with E-state index in [1.807, 2.05) is 13.0 Å². The third-order valence-corrected chi connectivity index (χ3v) is 5.70. The van der Waals surface area contributed by atoms with Crippen LogP contribution < -0.4 is 11.1 Å². The molecule has 3 N–H and O–H groups in total. The van der Waals surface area contributed by atoms with Gasteiger partial charge in [0.15, 0.2) is 0 Å². The monoisotopic (exact) mass is 330 g/mol. The summed E-state index contributed by atoms with van der Waals surface area (Å²) in [6.45, 7) is 1.92. The Bertz CT molecular complexity index is 629. The summed E-state index contributed by atoms with van der Waals surface area (Å²) in [7, 11) is 1.35. The fraction of sp³-hybridized carbons (Fsp3) is 0.579. The third kappa shape index (κ3) is 3.31. The fourth-order valence-electron chi connectivity index (χ4n) is 4.24. The van der Waals surface area contributed by atoms with Gasteiger partial charge in [0.2, 0.25) is 5.91 Å². The number of rotatable bonds is 3. The molecule has 2 saturated carbocycles. The maximum atomic E-state index is 12.7. The van der Waals surface area contributed by atoms with E-state index in [9.17, 15) is 9.59 Å². The quantitative estimate of drug-likeness (QED) is 0.835. The van der Waals surface area contributed by atoms with E-state index in [-0.39, 0.29) is 17.9 Å². The smallest absolute Gasteiger partial charge is 0.337 e. The van der Waals surface area contributed by atoms with Crippen LogP contribution in [0, 0.1) is 24.7 Å². The van der Waals surface area contributed by atoms with Gasteiger partial charge in [-0.3, -0.25) is 4.79 Å². The van der Waals surface area contributed by atoms with Crippen molar-refractivity contribution in [3.8, 4) is 0 Å². The van der Waals surface area contributed by atoms with Crippen LogP contribution in [-0.2, 0) is 9.53 Å². The number of carbonyl (C=O) groups is 2. The number of esters is 1. The van der Waals surface area contributed by atoms with Gasteiger partial charge in [-0.2, -0.15) is 0 Å². The molecule has 3 rings (SSSR count). The molecule has 5 nitrogen and oxygen atoms in total. The zero-order valence-electron chi connectivity index (χ0n) is 14.4. The molecule has 130 valence electrons. The highest BCUT2D eigenvalue weighted by molar-refractivity contribution is 5.96. The van der Waals surface area contributed by atoms with Gasteiger partial charge in [0, 0.05) is 17.6 Å². The molecule has 24 heavy (non-hydrogen) atoms. The van der Waals surface area contributed by atoms with E-state index in [0.717, 1.165) is 31.2 Å². The van der Waals surface area contributed by atoms with Gasteiger partial charge in [0.1, 0.15) is 0 Å². The fourth-order valence-corrected chi connectivity index (χ4v) is 4.24. The third-order valence-electron chi connectivity index (χ3n) is 5.70.